The summed E-state index contributed by atoms with van der Waals surface area (Å²) in [5.74, 6) is -1.79. The second-order valence-electron chi connectivity index (χ2n) is 9.70. The predicted octanol–water partition coefficient (Wildman–Crippen LogP) is 0.137. The van der Waals surface area contributed by atoms with Crippen LogP contribution in [-0.4, -0.2) is 94.5 Å². The molecule has 0 saturated carbocycles. The molecule has 4 atom stereocenters. The lowest BCUT2D eigenvalue weighted by Gasteiger charge is -2.25. The van der Waals surface area contributed by atoms with E-state index in [0.717, 1.165) is 16.5 Å². The number of H-pyrrole nitrogens is 1. The van der Waals surface area contributed by atoms with E-state index in [4.69, 9.17) is 17.2 Å². The van der Waals surface area contributed by atoms with Gasteiger partial charge in [0.25, 0.3) is 0 Å². The Morgan fingerprint density at radius 3 is 2.14 bits per heavy atom. The Morgan fingerprint density at radius 1 is 0.905 bits per heavy atom. The van der Waals surface area contributed by atoms with Crippen molar-refractivity contribution in [3.63, 3.8) is 0 Å². The van der Waals surface area contributed by atoms with Gasteiger partial charge in [-0.2, -0.15) is 23.5 Å². The zero-order valence-corrected chi connectivity index (χ0v) is 25.6. The summed E-state index contributed by atoms with van der Waals surface area (Å²) in [5.41, 5.74) is 18.4. The number of hydrogen-bond donors (Lipinski definition) is 8. The molecule has 2 aromatic rings. The highest BCUT2D eigenvalue weighted by Crippen LogP contribution is 2.19. The largest absolute Gasteiger partial charge is 0.480 e. The summed E-state index contributed by atoms with van der Waals surface area (Å²) in [6.07, 6.45) is 6.78. The number of nitrogens with zero attached hydrogens (tertiary/aromatic N) is 1. The fraction of sp³-hybridized carbons (Fsp3) is 0.519. The third-order valence-electron chi connectivity index (χ3n) is 6.51. The lowest BCUT2D eigenvalue weighted by atomic mass is 10.0. The third-order valence-corrected chi connectivity index (χ3v) is 7.79. The molecule has 0 aliphatic rings. The number of fused-ring (bicyclic) bond motifs is 1. The van der Waals surface area contributed by atoms with Crippen molar-refractivity contribution in [2.75, 3.05) is 30.6 Å². The van der Waals surface area contributed by atoms with Crippen molar-refractivity contribution in [2.24, 2.45) is 22.2 Å². The summed E-state index contributed by atoms with van der Waals surface area (Å²) in [6.45, 7) is 0.241. The minimum Gasteiger partial charge on any atom is -0.480 e. The van der Waals surface area contributed by atoms with E-state index in [1.165, 1.54) is 11.8 Å². The van der Waals surface area contributed by atoms with E-state index >= 15 is 0 Å². The van der Waals surface area contributed by atoms with E-state index in [1.807, 2.05) is 36.8 Å². The first kappa shape index (κ1) is 34.8. The van der Waals surface area contributed by atoms with E-state index in [9.17, 15) is 24.3 Å². The van der Waals surface area contributed by atoms with Gasteiger partial charge in [0.1, 0.15) is 18.1 Å². The molecule has 1 aromatic carbocycles. The average Bonchev–Trinajstić information content (AvgIpc) is 3.37. The van der Waals surface area contributed by atoms with E-state index in [1.54, 1.807) is 18.0 Å². The molecule has 0 saturated heterocycles. The number of thioether (sulfide) groups is 2. The quantitative estimate of drug-likeness (QED) is 0.0600. The number of carboxylic acid groups (broad SMARTS) is 1. The molecule has 1 aromatic heterocycles. The number of aliphatic imine (C=N–C) groups is 1. The predicted molar refractivity (Wildman–Crippen MR) is 169 cm³/mol. The number of aliphatic carboxylic acids is 1. The van der Waals surface area contributed by atoms with Crippen molar-refractivity contribution in [3.8, 4) is 0 Å². The third kappa shape index (κ3) is 11.4. The van der Waals surface area contributed by atoms with Crippen LogP contribution in [0.1, 0.15) is 31.2 Å². The molecule has 0 aliphatic carbocycles. The Bertz CT molecular complexity index is 1220. The highest BCUT2D eigenvalue weighted by Gasteiger charge is 2.30. The maximum atomic E-state index is 13.4. The summed E-state index contributed by atoms with van der Waals surface area (Å²) >= 11 is 3.03. The number of benzene rings is 1. The minimum absolute atomic E-state index is 0.0473. The van der Waals surface area contributed by atoms with Gasteiger partial charge in [0.05, 0.1) is 6.04 Å². The van der Waals surface area contributed by atoms with Crippen LogP contribution in [-0.2, 0) is 25.6 Å². The maximum Gasteiger partial charge on any atom is 0.326 e. The molecule has 0 fully saturated rings. The molecule has 42 heavy (non-hydrogen) atoms. The highest BCUT2D eigenvalue weighted by molar-refractivity contribution is 7.98. The second-order valence-corrected chi connectivity index (χ2v) is 11.7. The standard InChI is InChI=1S/C27H42N8O5S2/c1-41-12-9-18(28)23(36)33-20(8-5-11-31-27(29)30)24(37)34-21(10-13-42-2)25(38)35-22(26(39)40)14-16-15-32-19-7-4-3-6-17(16)19/h3-4,6-7,15,18,20-22,32H,5,8-14,28H2,1-2H3,(H,33,36)(H,34,37)(H,35,38)(H,39,40)(H4,29,30,31). The van der Waals surface area contributed by atoms with Crippen LogP contribution in [0, 0.1) is 0 Å². The number of rotatable bonds is 19. The van der Waals surface area contributed by atoms with Crippen molar-refractivity contribution in [1.82, 2.24) is 20.9 Å². The summed E-state index contributed by atoms with van der Waals surface area (Å²) in [4.78, 5) is 58.6. The smallest absolute Gasteiger partial charge is 0.326 e. The average molecular weight is 623 g/mol. The maximum absolute atomic E-state index is 13.4. The van der Waals surface area contributed by atoms with Gasteiger partial charge in [-0.3, -0.25) is 19.4 Å². The van der Waals surface area contributed by atoms with Gasteiger partial charge in [-0.25, -0.2) is 4.79 Å². The number of aromatic nitrogens is 1. The summed E-state index contributed by atoms with van der Waals surface area (Å²) in [7, 11) is 0. The van der Waals surface area contributed by atoms with Crippen LogP contribution in [0.15, 0.2) is 35.5 Å². The van der Waals surface area contributed by atoms with Gasteiger partial charge < -0.3 is 43.2 Å². The van der Waals surface area contributed by atoms with Gasteiger partial charge in [-0.15, -0.1) is 0 Å². The van der Waals surface area contributed by atoms with Gasteiger partial charge in [-0.1, -0.05) is 18.2 Å². The Labute approximate surface area is 254 Å². The molecule has 3 amide bonds. The molecule has 232 valence electrons. The Kier molecular flexibility index (Phi) is 15.1. The lowest BCUT2D eigenvalue weighted by molar-refractivity contribution is -0.142. The number of nitrogens with two attached hydrogens (primary N) is 3. The first-order valence-corrected chi connectivity index (χ1v) is 16.3. The van der Waals surface area contributed by atoms with Crippen molar-refractivity contribution in [2.45, 2.75) is 56.3 Å². The summed E-state index contributed by atoms with van der Waals surface area (Å²) < 4.78 is 0. The van der Waals surface area contributed by atoms with Gasteiger partial charge in [0.15, 0.2) is 5.96 Å². The number of nitrogens with one attached hydrogen (secondary N) is 4. The monoisotopic (exact) mass is 622 g/mol. The van der Waals surface area contributed by atoms with Crippen LogP contribution >= 0.6 is 23.5 Å². The van der Waals surface area contributed by atoms with Crippen LogP contribution in [0.4, 0.5) is 0 Å². The fourth-order valence-corrected chi connectivity index (χ4v) is 5.16. The number of aromatic amines is 1. The second kappa shape index (κ2) is 18.2. The van der Waals surface area contributed by atoms with Crippen molar-refractivity contribution in [3.05, 3.63) is 36.0 Å². The Hall–Kier alpha value is -3.43. The fourth-order valence-electron chi connectivity index (χ4n) is 4.20. The molecule has 15 heteroatoms. The molecule has 0 spiro atoms. The van der Waals surface area contributed by atoms with E-state index in [-0.39, 0.29) is 31.8 Å². The molecule has 2 rings (SSSR count). The topological polar surface area (TPSA) is 231 Å². The van der Waals surface area contributed by atoms with Gasteiger partial charge in [0.2, 0.25) is 17.7 Å². The minimum atomic E-state index is -1.23. The number of guanidine groups is 1. The Balaban J connectivity index is 2.17. The highest BCUT2D eigenvalue weighted by atomic mass is 32.2. The molecule has 0 aliphatic heterocycles. The number of carbonyl (C=O) groups excluding carboxylic acids is 3. The van der Waals surface area contributed by atoms with Crippen molar-refractivity contribution < 1.29 is 24.3 Å². The lowest BCUT2D eigenvalue weighted by Crippen LogP contribution is -2.57. The van der Waals surface area contributed by atoms with Crippen LogP contribution in [0.5, 0.6) is 0 Å². The molecule has 13 nitrogen and oxygen atoms in total. The number of carboxylic acids is 1. The molecule has 0 radical (unpaired) electrons. The first-order chi connectivity index (χ1) is 20.1. The van der Waals surface area contributed by atoms with E-state index in [2.05, 4.69) is 25.9 Å². The van der Waals surface area contributed by atoms with Gasteiger partial charge in [0, 0.05) is 30.1 Å². The zero-order chi connectivity index (χ0) is 31.1. The Morgan fingerprint density at radius 2 is 1.50 bits per heavy atom. The number of para-hydroxylation sites is 1. The van der Waals surface area contributed by atoms with Crippen LogP contribution < -0.4 is 33.2 Å². The molecule has 1 heterocycles. The zero-order valence-electron chi connectivity index (χ0n) is 23.9. The normalized spacial score (nSPS) is 13.9. The van der Waals surface area contributed by atoms with Gasteiger partial charge in [-0.05, 0) is 61.3 Å². The molecular weight excluding hydrogens is 580 g/mol. The van der Waals surface area contributed by atoms with Crippen LogP contribution in [0.2, 0.25) is 0 Å². The molecular formula is C27H42N8O5S2. The summed E-state index contributed by atoms with van der Waals surface area (Å²) in [5, 5.41) is 18.7. The number of amides is 3. The van der Waals surface area contributed by atoms with Crippen LogP contribution in [0.25, 0.3) is 10.9 Å². The molecule has 4 unspecified atom stereocenters. The van der Waals surface area contributed by atoms with Crippen LogP contribution in [0.3, 0.4) is 0 Å². The van der Waals surface area contributed by atoms with Crippen molar-refractivity contribution in [1.29, 1.82) is 0 Å². The SMILES string of the molecule is CSCCC(N)C(=O)NC(CCCN=C(N)N)C(=O)NC(CCSC)C(=O)NC(Cc1c[nH]c2ccccc12)C(=O)O. The molecule has 0 bridgehead atoms. The number of carbonyl (C=O) groups is 4. The van der Waals surface area contributed by atoms with Crippen molar-refractivity contribution >= 4 is 64.1 Å². The summed E-state index contributed by atoms with van der Waals surface area (Å²) in [6, 6.07) is 3.41. The first-order valence-electron chi connectivity index (χ1n) is 13.5. The van der Waals surface area contributed by atoms with Gasteiger partial charge >= 0.3 is 5.97 Å². The van der Waals surface area contributed by atoms with E-state index in [0.29, 0.717) is 24.3 Å². The number of hydrogen-bond acceptors (Lipinski definition) is 8. The van der Waals surface area contributed by atoms with E-state index < -0.39 is 47.9 Å². The molecule has 11 N–H and O–H groups in total.